The van der Waals surface area contributed by atoms with E-state index in [1.54, 1.807) is 7.11 Å². The van der Waals surface area contributed by atoms with Crippen molar-refractivity contribution in [2.45, 2.75) is 148 Å². The Kier molecular flexibility index (Phi) is 9.47. The second kappa shape index (κ2) is 14.0. The van der Waals surface area contributed by atoms with E-state index >= 15 is 4.79 Å². The van der Waals surface area contributed by atoms with Crippen molar-refractivity contribution < 1.29 is 54.1 Å². The largest absolute Gasteiger partial charge is 0.481 e. The summed E-state index contributed by atoms with van der Waals surface area (Å²) < 4.78 is 18.5. The third kappa shape index (κ3) is 4.84. The van der Waals surface area contributed by atoms with Gasteiger partial charge in [0.2, 0.25) is 5.91 Å². The van der Waals surface area contributed by atoms with Gasteiger partial charge in [0.05, 0.1) is 24.0 Å². The van der Waals surface area contributed by atoms with Gasteiger partial charge in [-0.1, -0.05) is 76.6 Å². The highest BCUT2D eigenvalue weighted by molar-refractivity contribution is 5.88. The lowest BCUT2D eigenvalue weighted by Gasteiger charge is -2.82. The van der Waals surface area contributed by atoms with Gasteiger partial charge >= 0.3 is 11.9 Å². The van der Waals surface area contributed by atoms with E-state index in [0.717, 1.165) is 44.1 Å². The number of carbonyl (C=O) groups is 3. The minimum absolute atomic E-state index is 0.00182. The molecule has 13 heteroatoms. The number of carbonyl (C=O) groups excluding carboxylic acids is 1. The third-order valence-electron chi connectivity index (χ3n) is 21.3. The summed E-state index contributed by atoms with van der Waals surface area (Å²) in [6.45, 7) is 11.7. The molecule has 2 saturated heterocycles. The minimum Gasteiger partial charge on any atom is -0.481 e. The van der Waals surface area contributed by atoms with Crippen molar-refractivity contribution in [3.63, 3.8) is 0 Å². The molecule has 7 N–H and O–H groups in total. The number of hydrogen-bond acceptors (Lipinski definition) is 9. The molecule has 18 unspecified atom stereocenters. The molecule has 4 bridgehead atoms. The van der Waals surface area contributed by atoms with E-state index in [1.807, 2.05) is 0 Å². The first-order valence-electron chi connectivity index (χ1n) is 24.4. The van der Waals surface area contributed by atoms with Crippen molar-refractivity contribution >= 4 is 17.8 Å². The maximum Gasteiger partial charge on any atom is 0.335 e. The molecule has 8 aliphatic carbocycles. The molecule has 65 heavy (non-hydrogen) atoms. The van der Waals surface area contributed by atoms with Crippen LogP contribution in [-0.4, -0.2) is 105 Å². The molecule has 0 aromatic carbocycles. The Morgan fingerprint density at radius 3 is 2.48 bits per heavy atom. The zero-order valence-electron chi connectivity index (χ0n) is 38.6. The molecule has 6 fully saturated rings. The number of nitrogens with one attached hydrogen (secondary N) is 2. The number of H-pyrrole nitrogens is 1. The van der Waals surface area contributed by atoms with Gasteiger partial charge in [0.1, 0.15) is 18.3 Å². The molecule has 18 atom stereocenters. The fraction of sp³-hybridized carbons (Fsp3) is 0.712. The van der Waals surface area contributed by atoms with Crippen LogP contribution in [0.15, 0.2) is 60.0 Å². The SMILES string of the molecule is CCc1c[nH]cc1CCC12C3C=CC4=CC5C(=O)NC6C7(C)CC=CC68C6=CCC41C(C)(CCC2C(C)(C)C(OC1OC(C(=O)O)C(O)C(O)C1O)C3)C65CCC8(C(=O)O)C(COC)C7. The van der Waals surface area contributed by atoms with E-state index in [-0.39, 0.29) is 34.5 Å². The minimum atomic E-state index is -1.82. The number of ether oxygens (including phenoxy) is 3. The summed E-state index contributed by atoms with van der Waals surface area (Å²) in [5.74, 6) is -3.02. The number of rotatable bonds is 10. The Hall–Kier alpha value is -3.59. The summed E-state index contributed by atoms with van der Waals surface area (Å²) in [7, 11) is 1.68. The van der Waals surface area contributed by atoms with Crippen LogP contribution < -0.4 is 5.32 Å². The topological polar surface area (TPSA) is 208 Å². The van der Waals surface area contributed by atoms with E-state index in [2.05, 4.69) is 93.8 Å². The number of amides is 1. The molecular weight excluding hydrogens is 829 g/mol. The third-order valence-corrected chi connectivity index (χ3v) is 21.3. The van der Waals surface area contributed by atoms with Gasteiger partial charge < -0.3 is 50.0 Å². The molecule has 3 spiro atoms. The second-order valence-electron chi connectivity index (χ2n) is 23.2. The Bertz CT molecular complexity index is 2350. The van der Waals surface area contributed by atoms with E-state index in [4.69, 9.17) is 14.2 Å². The van der Waals surface area contributed by atoms with Crippen molar-refractivity contribution in [1.82, 2.24) is 10.3 Å². The molecule has 13 nitrogen and oxygen atoms in total. The van der Waals surface area contributed by atoms with Crippen LogP contribution in [0.4, 0.5) is 0 Å². The van der Waals surface area contributed by atoms with Crippen molar-refractivity contribution in [2.24, 2.45) is 67.0 Å². The van der Waals surface area contributed by atoms with Gasteiger partial charge in [0.25, 0.3) is 0 Å². The monoisotopic (exact) mass is 896 g/mol. The van der Waals surface area contributed by atoms with Gasteiger partial charge in [0, 0.05) is 47.7 Å². The Balaban J connectivity index is 1.12. The summed E-state index contributed by atoms with van der Waals surface area (Å²) in [5, 5.41) is 58.1. The zero-order chi connectivity index (χ0) is 46.1. The fourth-order valence-corrected chi connectivity index (χ4v) is 18.9. The van der Waals surface area contributed by atoms with Gasteiger partial charge in [-0.2, -0.15) is 0 Å². The summed E-state index contributed by atoms with van der Waals surface area (Å²) in [6, 6.07) is -0.400. The smallest absolute Gasteiger partial charge is 0.335 e. The first-order chi connectivity index (χ1) is 30.8. The number of aliphatic hydroxyl groups excluding tert-OH is 3. The molecule has 1 aromatic rings. The molecule has 1 aromatic heterocycles. The summed E-state index contributed by atoms with van der Waals surface area (Å²) >= 11 is 0. The predicted octanol–water partition coefficient (Wildman–Crippen LogP) is 5.65. The molecule has 4 saturated carbocycles. The quantitative estimate of drug-likeness (QED) is 0.113. The number of carboxylic acids is 2. The summed E-state index contributed by atoms with van der Waals surface area (Å²) in [5.41, 5.74) is -0.181. The van der Waals surface area contributed by atoms with E-state index in [0.29, 0.717) is 38.7 Å². The van der Waals surface area contributed by atoms with Crippen LogP contribution in [0.3, 0.4) is 0 Å². The van der Waals surface area contributed by atoms with E-state index < -0.39 is 93.2 Å². The number of aromatic nitrogens is 1. The molecule has 11 rings (SSSR count). The van der Waals surface area contributed by atoms with E-state index in [1.165, 1.54) is 16.7 Å². The molecule has 352 valence electrons. The number of allylic oxidation sites excluding steroid dienone is 5. The van der Waals surface area contributed by atoms with Crippen molar-refractivity contribution in [1.29, 1.82) is 0 Å². The average Bonchev–Trinajstić information content (AvgIpc) is 3.68. The lowest BCUT2D eigenvalue weighted by molar-refractivity contribution is -0.336. The maximum atomic E-state index is 15.6. The normalized spacial score (nSPS) is 50.3. The highest BCUT2D eigenvalue weighted by Crippen LogP contribution is 2.89. The van der Waals surface area contributed by atoms with Crippen LogP contribution in [0.25, 0.3) is 0 Å². The fourth-order valence-electron chi connectivity index (χ4n) is 18.9. The molecule has 2 aliphatic heterocycles. The Morgan fingerprint density at radius 1 is 0.985 bits per heavy atom. The van der Waals surface area contributed by atoms with Crippen molar-refractivity contribution in [2.75, 3.05) is 13.7 Å². The predicted molar refractivity (Wildman–Crippen MR) is 237 cm³/mol. The van der Waals surface area contributed by atoms with Gasteiger partial charge in [-0.05, 0) is 121 Å². The number of methoxy groups -OCH3 is 1. The summed E-state index contributed by atoms with van der Waals surface area (Å²) in [4.78, 5) is 45.6. The van der Waals surface area contributed by atoms with Crippen LogP contribution in [0.1, 0.15) is 104 Å². The second-order valence-corrected chi connectivity index (χ2v) is 23.2. The number of hydrogen-bond donors (Lipinski definition) is 7. The summed E-state index contributed by atoms with van der Waals surface area (Å²) in [6.07, 6.45) is 16.9. The van der Waals surface area contributed by atoms with Gasteiger partial charge in [-0.3, -0.25) is 9.59 Å². The van der Waals surface area contributed by atoms with E-state index in [9.17, 15) is 35.1 Å². The molecule has 1 amide bonds. The van der Waals surface area contributed by atoms with Crippen LogP contribution in [0.2, 0.25) is 0 Å². The molecule has 3 heterocycles. The van der Waals surface area contributed by atoms with Crippen molar-refractivity contribution in [3.05, 3.63) is 71.1 Å². The first kappa shape index (κ1) is 43.9. The number of carboxylic acid groups (broad SMARTS) is 2. The van der Waals surface area contributed by atoms with Crippen LogP contribution >= 0.6 is 0 Å². The maximum absolute atomic E-state index is 15.6. The van der Waals surface area contributed by atoms with Gasteiger partial charge in [-0.25, -0.2) is 4.79 Å². The van der Waals surface area contributed by atoms with Crippen LogP contribution in [0, 0.1) is 67.0 Å². The average molecular weight is 897 g/mol. The molecule has 10 aliphatic rings. The number of aromatic amines is 1. The highest BCUT2D eigenvalue weighted by atomic mass is 16.7. The first-order valence-corrected chi connectivity index (χ1v) is 24.4. The lowest BCUT2D eigenvalue weighted by Crippen LogP contribution is -2.79. The highest BCUT2D eigenvalue weighted by Gasteiger charge is 2.86. The number of aliphatic hydroxyl groups is 3. The van der Waals surface area contributed by atoms with Crippen LogP contribution in [0.5, 0.6) is 0 Å². The van der Waals surface area contributed by atoms with Gasteiger partial charge in [-0.15, -0.1) is 0 Å². The van der Waals surface area contributed by atoms with Crippen molar-refractivity contribution in [3.8, 4) is 0 Å². The lowest BCUT2D eigenvalue weighted by atomic mass is 9.20. The molecule has 0 radical (unpaired) electrons. The molecular formula is C52H68N2O11. The van der Waals surface area contributed by atoms with Crippen LogP contribution in [-0.2, 0) is 41.4 Å². The Labute approximate surface area is 381 Å². The standard InChI is InChI=1S/C52H68N2O11/c1-7-27-24-53-25-28(27)11-17-48-29-9-10-30-21-32-40(58)54-43-46(4)14-8-15-51(43)34-13-18-52(30,48)47(5,50(32,34)20-19-49(51,44(61)62)31(23-46)26-63-6)16-12-33(48)45(2,3)35(22-29)64-42-38(57)36(55)37(56)39(65-42)41(59)60/h8-10,13,15,21,24-25,29,31-33,35-39,42-43,53,55-57H,7,11-12,14,16-20,22-23,26H2,1-6H3,(H,54,58)(H,59,60)(H,61,62). The van der Waals surface area contributed by atoms with Gasteiger partial charge in [0.15, 0.2) is 12.4 Å². The Morgan fingerprint density at radius 2 is 1.75 bits per heavy atom. The zero-order valence-corrected chi connectivity index (χ0v) is 38.6. The number of aliphatic carboxylic acids is 2. The number of aryl methyl sites for hydroxylation is 2.